The van der Waals surface area contributed by atoms with Gasteiger partial charge in [-0.15, -0.1) is 11.3 Å². The average molecular weight is 422 g/mol. The minimum absolute atomic E-state index is 0.0721. The minimum Gasteiger partial charge on any atom is -0.466 e. The number of allylic oxidation sites excluding steroid dienone is 1. The number of hydrogen-bond donors (Lipinski definition) is 0. The standard InChI is InChI=1S/C18H19N3O3S3/c1-2-24-14(22)7-10-8-25-18(19-10)26-9-13-20-16(23)15-11-5-3-4-6-12(11)27-17(15)21-13/h8,15H,2-7,9H2,1H3. The third kappa shape index (κ3) is 4.20. The molecule has 1 aromatic rings. The van der Waals surface area contributed by atoms with Gasteiger partial charge in [0.25, 0.3) is 5.91 Å². The lowest BCUT2D eigenvalue weighted by Crippen LogP contribution is -2.26. The zero-order chi connectivity index (χ0) is 18.8. The van der Waals surface area contributed by atoms with Gasteiger partial charge in [0.15, 0.2) is 4.34 Å². The number of aliphatic imine (C=N–C) groups is 2. The van der Waals surface area contributed by atoms with E-state index in [1.165, 1.54) is 40.0 Å². The number of fused-ring (bicyclic) bond motifs is 2. The Kier molecular flexibility index (Phi) is 5.79. The first-order valence-corrected chi connectivity index (χ1v) is 11.6. The Morgan fingerprint density at radius 1 is 1.33 bits per heavy atom. The molecule has 0 aromatic carbocycles. The largest absolute Gasteiger partial charge is 0.466 e. The molecule has 4 rings (SSSR count). The van der Waals surface area contributed by atoms with Crippen molar-refractivity contribution in [1.82, 2.24) is 4.98 Å². The van der Waals surface area contributed by atoms with Gasteiger partial charge in [0.2, 0.25) is 0 Å². The SMILES string of the molecule is CCOC(=O)Cc1csc(SCC2=NC(=O)C3C(=N2)SC2=C3CCCC2)n1. The van der Waals surface area contributed by atoms with E-state index in [-0.39, 0.29) is 24.2 Å². The molecule has 0 bridgehead atoms. The number of carbonyl (C=O) groups excluding carboxylic acids is 2. The van der Waals surface area contributed by atoms with Gasteiger partial charge in [-0.3, -0.25) is 9.59 Å². The topological polar surface area (TPSA) is 81.0 Å². The van der Waals surface area contributed by atoms with Crippen LogP contribution in [0.1, 0.15) is 38.3 Å². The zero-order valence-corrected chi connectivity index (χ0v) is 17.3. The van der Waals surface area contributed by atoms with Crippen molar-refractivity contribution in [3.05, 3.63) is 21.6 Å². The summed E-state index contributed by atoms with van der Waals surface area (Å²) in [7, 11) is 0. The van der Waals surface area contributed by atoms with Crippen molar-refractivity contribution in [2.24, 2.45) is 15.9 Å². The second kappa shape index (κ2) is 8.28. The summed E-state index contributed by atoms with van der Waals surface area (Å²) in [5.74, 6) is 0.506. The van der Waals surface area contributed by atoms with Crippen molar-refractivity contribution < 1.29 is 14.3 Å². The molecule has 0 fully saturated rings. The van der Waals surface area contributed by atoms with Crippen molar-refractivity contribution in [1.29, 1.82) is 0 Å². The average Bonchev–Trinajstić information content (AvgIpc) is 3.24. The lowest BCUT2D eigenvalue weighted by molar-refractivity contribution is -0.142. The molecule has 9 heteroatoms. The fraction of sp³-hybridized carbons (Fsp3) is 0.500. The number of amides is 1. The summed E-state index contributed by atoms with van der Waals surface area (Å²) >= 11 is 4.65. The Morgan fingerprint density at radius 2 is 2.19 bits per heavy atom. The molecule has 1 aromatic heterocycles. The first-order chi connectivity index (χ1) is 13.1. The number of thioether (sulfide) groups is 2. The smallest absolute Gasteiger partial charge is 0.311 e. The van der Waals surface area contributed by atoms with E-state index in [1.807, 2.05) is 5.38 Å². The van der Waals surface area contributed by atoms with E-state index < -0.39 is 0 Å². The lowest BCUT2D eigenvalue weighted by atomic mass is 9.89. The van der Waals surface area contributed by atoms with Gasteiger partial charge in [-0.2, -0.15) is 4.99 Å². The Labute approximate surface area is 170 Å². The van der Waals surface area contributed by atoms with Gasteiger partial charge in [0, 0.05) is 5.38 Å². The van der Waals surface area contributed by atoms with Crippen LogP contribution in [-0.4, -0.2) is 40.1 Å². The predicted molar refractivity (Wildman–Crippen MR) is 110 cm³/mol. The van der Waals surface area contributed by atoms with Crippen LogP contribution in [0.5, 0.6) is 0 Å². The molecule has 0 radical (unpaired) electrons. The van der Waals surface area contributed by atoms with Crippen LogP contribution in [0.15, 0.2) is 30.2 Å². The molecule has 1 amide bonds. The molecule has 1 aliphatic carbocycles. The second-order valence-electron chi connectivity index (χ2n) is 6.38. The Bertz CT molecular complexity index is 872. The molecule has 1 atom stereocenters. The number of carbonyl (C=O) groups is 2. The van der Waals surface area contributed by atoms with Crippen LogP contribution in [0.25, 0.3) is 0 Å². The normalized spacial score (nSPS) is 21.5. The van der Waals surface area contributed by atoms with E-state index in [4.69, 9.17) is 4.74 Å². The van der Waals surface area contributed by atoms with Gasteiger partial charge in [0.05, 0.1) is 29.5 Å². The van der Waals surface area contributed by atoms with E-state index >= 15 is 0 Å². The molecule has 3 heterocycles. The highest BCUT2D eigenvalue weighted by Gasteiger charge is 2.40. The monoisotopic (exact) mass is 421 g/mol. The van der Waals surface area contributed by atoms with Crippen molar-refractivity contribution >= 4 is 57.6 Å². The van der Waals surface area contributed by atoms with E-state index in [1.54, 1.807) is 18.7 Å². The summed E-state index contributed by atoms with van der Waals surface area (Å²) in [5.41, 5.74) is 1.96. The van der Waals surface area contributed by atoms with E-state index in [0.717, 1.165) is 28.6 Å². The third-order valence-corrected chi connectivity index (χ3v) is 7.81. The molecular formula is C18H19N3O3S3. The maximum atomic E-state index is 12.5. The highest BCUT2D eigenvalue weighted by Crippen LogP contribution is 2.47. The number of ether oxygens (including phenoxy) is 1. The van der Waals surface area contributed by atoms with Crippen molar-refractivity contribution in [2.75, 3.05) is 12.4 Å². The van der Waals surface area contributed by atoms with Crippen LogP contribution in [0.4, 0.5) is 0 Å². The lowest BCUT2D eigenvalue weighted by Gasteiger charge is -2.18. The van der Waals surface area contributed by atoms with Gasteiger partial charge in [-0.1, -0.05) is 23.5 Å². The van der Waals surface area contributed by atoms with Crippen molar-refractivity contribution in [3.63, 3.8) is 0 Å². The fourth-order valence-corrected chi connectivity index (χ4v) is 6.39. The highest BCUT2D eigenvalue weighted by molar-refractivity contribution is 8.17. The van der Waals surface area contributed by atoms with Gasteiger partial charge in [-0.25, -0.2) is 9.98 Å². The zero-order valence-electron chi connectivity index (χ0n) is 14.9. The maximum Gasteiger partial charge on any atom is 0.311 e. The van der Waals surface area contributed by atoms with Crippen LogP contribution < -0.4 is 0 Å². The van der Waals surface area contributed by atoms with Crippen LogP contribution in [0.3, 0.4) is 0 Å². The summed E-state index contributed by atoms with van der Waals surface area (Å²) in [6.45, 7) is 2.16. The van der Waals surface area contributed by atoms with Crippen LogP contribution >= 0.6 is 34.9 Å². The van der Waals surface area contributed by atoms with Crippen molar-refractivity contribution in [3.8, 4) is 0 Å². The summed E-state index contributed by atoms with van der Waals surface area (Å²) in [6.07, 6.45) is 4.60. The van der Waals surface area contributed by atoms with Gasteiger partial charge in [0.1, 0.15) is 11.8 Å². The molecule has 2 aliphatic heterocycles. The molecule has 1 unspecified atom stereocenters. The molecule has 6 nitrogen and oxygen atoms in total. The second-order valence-corrected chi connectivity index (χ2v) is 9.58. The van der Waals surface area contributed by atoms with E-state index in [0.29, 0.717) is 23.9 Å². The fourth-order valence-electron chi connectivity index (χ4n) is 3.33. The molecule has 142 valence electrons. The molecular weight excluding hydrogens is 402 g/mol. The first kappa shape index (κ1) is 18.9. The molecule has 0 spiro atoms. The highest BCUT2D eigenvalue weighted by atomic mass is 32.2. The number of nitrogens with zero attached hydrogens (tertiary/aromatic N) is 3. The predicted octanol–water partition coefficient (Wildman–Crippen LogP) is 3.87. The number of amidine groups is 1. The van der Waals surface area contributed by atoms with E-state index in [2.05, 4.69) is 15.0 Å². The van der Waals surface area contributed by atoms with Crippen LogP contribution in [0, 0.1) is 5.92 Å². The van der Waals surface area contributed by atoms with Crippen molar-refractivity contribution in [2.45, 2.75) is 43.4 Å². The summed E-state index contributed by atoms with van der Waals surface area (Å²) in [5, 5.41) is 2.76. The Balaban J connectivity index is 1.37. The number of esters is 1. The summed E-state index contributed by atoms with van der Waals surface area (Å²) in [4.78, 5) is 38.8. The van der Waals surface area contributed by atoms with Gasteiger partial charge >= 0.3 is 5.97 Å². The summed E-state index contributed by atoms with van der Waals surface area (Å²) in [6, 6.07) is 0. The number of aromatic nitrogens is 1. The van der Waals surface area contributed by atoms with Gasteiger partial charge < -0.3 is 4.74 Å². The number of rotatable bonds is 6. The molecule has 0 saturated heterocycles. The number of thiazole rings is 1. The summed E-state index contributed by atoms with van der Waals surface area (Å²) < 4.78 is 5.78. The first-order valence-electron chi connectivity index (χ1n) is 8.96. The maximum absolute atomic E-state index is 12.5. The molecule has 0 saturated carbocycles. The molecule has 27 heavy (non-hydrogen) atoms. The van der Waals surface area contributed by atoms with Gasteiger partial charge in [-0.05, 0) is 43.1 Å². The van der Waals surface area contributed by atoms with Crippen LogP contribution in [0.2, 0.25) is 0 Å². The van der Waals surface area contributed by atoms with Crippen LogP contribution in [-0.2, 0) is 20.7 Å². The van der Waals surface area contributed by atoms with E-state index in [9.17, 15) is 9.59 Å². The Hall–Kier alpha value is -1.45. The molecule has 3 aliphatic rings. The Morgan fingerprint density at radius 3 is 3.04 bits per heavy atom. The molecule has 0 N–H and O–H groups in total. The third-order valence-electron chi connectivity index (χ3n) is 4.49. The number of hydrogen-bond acceptors (Lipinski definition) is 8. The minimum atomic E-state index is -0.270. The quantitative estimate of drug-likeness (QED) is 0.512.